The topological polar surface area (TPSA) is 268 Å². The average molecular weight is 395 g/mol. The summed E-state index contributed by atoms with van der Waals surface area (Å²) in [6, 6.07) is 0. The average Bonchev–Trinajstić information content (AvgIpc) is 3.22. The van der Waals surface area contributed by atoms with Gasteiger partial charge in [-0.25, -0.2) is 0 Å². The largest absolute Gasteiger partial charge is 0.355 e. The van der Waals surface area contributed by atoms with E-state index >= 15 is 0 Å². The summed E-state index contributed by atoms with van der Waals surface area (Å²) in [5.74, 6) is 0. The van der Waals surface area contributed by atoms with Crippen LogP contribution in [-0.4, -0.2) is 19.4 Å². The lowest BCUT2D eigenvalue weighted by Gasteiger charge is -1.95. The van der Waals surface area contributed by atoms with Crippen molar-refractivity contribution in [1.29, 1.82) is 0 Å². The lowest BCUT2D eigenvalue weighted by Crippen LogP contribution is -1.97. The standard InChI is InChI=1S/C6H13N21O/c1-2-7-9-11-13-15-17-19-21-23-25-27-26-24-22-20-18-16-14-12-10-8-6-4-3-5-28-6/h6H,2-5H2,1H3,(H,7,8,11,12,15,16,19,20,23,24,27). The second-order valence-electron chi connectivity index (χ2n) is 3.77. The zero-order valence-electron chi connectivity index (χ0n) is 14.3. The number of hydrogen-bond donors (Lipinski definition) is 1. The van der Waals surface area contributed by atoms with Gasteiger partial charge in [-0.2, -0.15) is 10.6 Å². The molecule has 0 aliphatic carbocycles. The molecule has 0 aromatic heterocycles. The summed E-state index contributed by atoms with van der Waals surface area (Å²) < 4.78 is 5.17. The van der Waals surface area contributed by atoms with Crippen LogP contribution in [0.15, 0.2) is 104 Å². The first-order valence-corrected chi connectivity index (χ1v) is 7.26. The molecule has 22 heteroatoms. The van der Waals surface area contributed by atoms with E-state index < -0.39 is 0 Å². The van der Waals surface area contributed by atoms with Crippen molar-refractivity contribution in [2.45, 2.75) is 26.0 Å². The summed E-state index contributed by atoms with van der Waals surface area (Å²) in [6.45, 7) is 2.91. The van der Waals surface area contributed by atoms with Crippen LogP contribution in [0.4, 0.5) is 0 Å². The molecule has 0 amide bonds. The molecule has 0 aromatic rings. The third-order valence-electron chi connectivity index (χ3n) is 2.03. The number of ether oxygens (including phenoxy) is 1. The molecule has 0 saturated carbocycles. The van der Waals surface area contributed by atoms with Crippen molar-refractivity contribution >= 4 is 0 Å². The van der Waals surface area contributed by atoms with Crippen LogP contribution in [0.3, 0.4) is 0 Å². The molecule has 1 fully saturated rings. The Kier molecular flexibility index (Phi) is 13.7. The Morgan fingerprint density at radius 1 is 0.679 bits per heavy atom. The van der Waals surface area contributed by atoms with Gasteiger partial charge < -0.3 is 4.74 Å². The number of rotatable bonds is 12. The fourth-order valence-electron chi connectivity index (χ4n) is 1.14. The van der Waals surface area contributed by atoms with Crippen LogP contribution < -0.4 is 5.53 Å². The van der Waals surface area contributed by atoms with E-state index in [1.807, 2.05) is 5.53 Å². The molecule has 28 heavy (non-hydrogen) atoms. The Hall–Kier alpha value is -4.24. The molecule has 0 aromatic carbocycles. The summed E-state index contributed by atoms with van der Waals surface area (Å²) in [7, 11) is 0. The highest BCUT2D eigenvalue weighted by molar-refractivity contribution is 4.58. The zero-order chi connectivity index (χ0) is 20.0. The van der Waals surface area contributed by atoms with Crippen molar-refractivity contribution in [3.8, 4) is 0 Å². The molecular formula is C6H13N21O. The highest BCUT2D eigenvalue weighted by atomic mass is 16.5. The number of nitrogens with zero attached hydrogens (tertiary/aromatic N) is 20. The first kappa shape index (κ1) is 21.8. The highest BCUT2D eigenvalue weighted by Crippen LogP contribution is 2.13. The maximum absolute atomic E-state index is 5.17. The van der Waals surface area contributed by atoms with Gasteiger partial charge in [0.05, 0.1) is 6.54 Å². The molecule has 0 spiro atoms. The van der Waals surface area contributed by atoms with Gasteiger partial charge in [0, 0.05) is 6.61 Å². The molecule has 0 radical (unpaired) electrons. The van der Waals surface area contributed by atoms with Crippen LogP contribution in [0, 0.1) is 0 Å². The molecule has 22 nitrogen and oxygen atoms in total. The molecule has 1 rings (SSSR count). The molecule has 1 aliphatic rings. The van der Waals surface area contributed by atoms with E-state index in [-0.39, 0.29) is 6.23 Å². The second kappa shape index (κ2) is 17.6. The monoisotopic (exact) mass is 395 g/mol. The molecule has 1 saturated heterocycles. The minimum absolute atomic E-state index is 0.286. The second-order valence-corrected chi connectivity index (χ2v) is 3.77. The van der Waals surface area contributed by atoms with Crippen LogP contribution >= 0.6 is 0 Å². The lowest BCUT2D eigenvalue weighted by atomic mass is 10.3. The first-order valence-electron chi connectivity index (χ1n) is 7.26. The Bertz CT molecular complexity index is 675. The van der Waals surface area contributed by atoms with Gasteiger partial charge in [0.2, 0.25) is 0 Å². The third-order valence-corrected chi connectivity index (χ3v) is 2.03. The van der Waals surface area contributed by atoms with Crippen molar-refractivity contribution in [1.82, 2.24) is 5.53 Å². The third kappa shape index (κ3) is 14.1. The highest BCUT2D eigenvalue weighted by Gasteiger charge is 2.13. The van der Waals surface area contributed by atoms with E-state index in [4.69, 9.17) is 4.74 Å². The summed E-state index contributed by atoms with van der Waals surface area (Å²) in [4.78, 5) is 0. The molecule has 1 heterocycles. The maximum atomic E-state index is 5.17. The lowest BCUT2D eigenvalue weighted by molar-refractivity contribution is 0.111. The fraction of sp³-hybridized carbons (Fsp3) is 1.00. The first-order chi connectivity index (χ1) is 13.9. The van der Waals surface area contributed by atoms with E-state index in [0.717, 1.165) is 12.8 Å². The summed E-state index contributed by atoms with van der Waals surface area (Å²) in [6.07, 6.45) is 1.44. The Balaban J connectivity index is 2.07. The van der Waals surface area contributed by atoms with Crippen LogP contribution in [-0.2, 0) is 4.74 Å². The maximum Gasteiger partial charge on any atom is 0.170 e. The van der Waals surface area contributed by atoms with E-state index in [0.29, 0.717) is 13.2 Å². The van der Waals surface area contributed by atoms with Gasteiger partial charge in [0.25, 0.3) is 0 Å². The van der Waals surface area contributed by atoms with Crippen LogP contribution in [0.5, 0.6) is 0 Å². The smallest absolute Gasteiger partial charge is 0.170 e. The molecule has 1 N–H and O–H groups in total. The van der Waals surface area contributed by atoms with Crippen LogP contribution in [0.2, 0.25) is 0 Å². The van der Waals surface area contributed by atoms with Gasteiger partial charge in [-0.3, -0.25) is 0 Å². The van der Waals surface area contributed by atoms with Gasteiger partial charge in [-0.05, 0) is 114 Å². The van der Waals surface area contributed by atoms with E-state index in [1.54, 1.807) is 6.92 Å². The summed E-state index contributed by atoms with van der Waals surface area (Å²) >= 11 is 0. The minimum Gasteiger partial charge on any atom is -0.355 e. The van der Waals surface area contributed by atoms with Crippen molar-refractivity contribution in [3.05, 3.63) is 0 Å². The molecule has 1 atom stereocenters. The van der Waals surface area contributed by atoms with Gasteiger partial charge in [0.15, 0.2) is 6.23 Å². The number of hydrogen-bond acceptors (Lipinski definition) is 5. The molecule has 0 bridgehead atoms. The number of nitrogens with one attached hydrogen (secondary N) is 1. The predicted octanol–water partition coefficient (Wildman–Crippen LogP) is 4.40. The van der Waals surface area contributed by atoms with Crippen molar-refractivity contribution in [2.75, 3.05) is 13.2 Å². The van der Waals surface area contributed by atoms with Crippen LogP contribution in [0.1, 0.15) is 19.8 Å². The molecular weight excluding hydrogens is 382 g/mol. The van der Waals surface area contributed by atoms with Crippen LogP contribution in [0.25, 0.3) is 0 Å². The Morgan fingerprint density at radius 3 is 1.68 bits per heavy atom. The fourth-order valence-corrected chi connectivity index (χ4v) is 1.14. The predicted molar refractivity (Wildman–Crippen MR) is 81.2 cm³/mol. The van der Waals surface area contributed by atoms with Crippen molar-refractivity contribution in [3.63, 3.8) is 0 Å². The van der Waals surface area contributed by atoms with E-state index in [1.165, 1.54) is 0 Å². The van der Waals surface area contributed by atoms with Gasteiger partial charge in [-0.15, -0.1) is 5.11 Å². The Morgan fingerprint density at radius 2 is 1.18 bits per heavy atom. The normalized spacial score (nSPS) is 19.5. The SMILES string of the molecule is CCN=NN=NN=NN=NN=NNN=NN=NN=NN=NN=NC1CCCO1. The molecule has 1 aliphatic heterocycles. The van der Waals surface area contributed by atoms with Gasteiger partial charge in [0.1, 0.15) is 0 Å². The van der Waals surface area contributed by atoms with Crippen molar-refractivity contribution < 1.29 is 4.74 Å². The zero-order valence-corrected chi connectivity index (χ0v) is 14.3. The quantitative estimate of drug-likeness (QED) is 0.371. The van der Waals surface area contributed by atoms with E-state index in [9.17, 15) is 0 Å². The Labute approximate surface area is 154 Å². The van der Waals surface area contributed by atoms with Gasteiger partial charge >= 0.3 is 0 Å². The van der Waals surface area contributed by atoms with Crippen molar-refractivity contribution in [2.24, 2.45) is 104 Å². The molecule has 1 unspecified atom stereocenters. The minimum atomic E-state index is -0.286. The van der Waals surface area contributed by atoms with E-state index in [2.05, 4.69) is 104 Å². The summed E-state index contributed by atoms with van der Waals surface area (Å²) in [5.41, 5.74) is 1.97. The molecule has 148 valence electrons. The summed E-state index contributed by atoms with van der Waals surface area (Å²) in [5, 5.41) is 63.8. The van der Waals surface area contributed by atoms with Gasteiger partial charge in [-0.1, -0.05) is 0 Å².